The number of benzene rings is 1. The van der Waals surface area contributed by atoms with E-state index in [1.807, 2.05) is 18.2 Å². The summed E-state index contributed by atoms with van der Waals surface area (Å²) in [7, 11) is 1.38. The molecule has 3 N–H and O–H groups in total. The largest absolute Gasteiger partial charge is 0.469 e. The number of fused-ring (bicyclic) bond motifs is 1. The highest BCUT2D eigenvalue weighted by molar-refractivity contribution is 5.99. The van der Waals surface area contributed by atoms with Crippen LogP contribution in [-0.4, -0.2) is 19.0 Å². The number of anilines is 1. The van der Waals surface area contributed by atoms with E-state index < -0.39 is 0 Å². The minimum Gasteiger partial charge on any atom is -0.469 e. The van der Waals surface area contributed by atoms with Crippen molar-refractivity contribution in [3.8, 4) is 0 Å². The summed E-state index contributed by atoms with van der Waals surface area (Å²) in [5, 5.41) is 2.79. The Morgan fingerprint density at radius 3 is 3.05 bits per heavy atom. The molecule has 0 bridgehead atoms. The zero-order valence-electron chi connectivity index (χ0n) is 10.9. The Morgan fingerprint density at radius 2 is 2.32 bits per heavy atom. The number of nitrogens with two attached hydrogens (primary N) is 1. The van der Waals surface area contributed by atoms with Gasteiger partial charge in [-0.2, -0.15) is 0 Å². The number of hydrogen-bond acceptors (Lipinski definition) is 4. The molecule has 0 radical (unpaired) electrons. The third-order valence-corrected chi connectivity index (χ3v) is 3.31. The van der Waals surface area contributed by atoms with E-state index in [-0.39, 0.29) is 17.9 Å². The van der Waals surface area contributed by atoms with Gasteiger partial charge in [-0.1, -0.05) is 12.1 Å². The summed E-state index contributed by atoms with van der Waals surface area (Å²) in [5.41, 5.74) is 8.96. The lowest BCUT2D eigenvalue weighted by Gasteiger charge is -2.12. The molecule has 102 valence electrons. The first-order valence-electron chi connectivity index (χ1n) is 6.35. The van der Waals surface area contributed by atoms with Gasteiger partial charge < -0.3 is 15.8 Å². The molecule has 5 heteroatoms. The highest BCUT2D eigenvalue weighted by Crippen LogP contribution is 2.27. The fraction of sp³-hybridized carbons (Fsp3) is 0.429. The van der Waals surface area contributed by atoms with Crippen LogP contribution in [0.2, 0.25) is 0 Å². The van der Waals surface area contributed by atoms with Crippen molar-refractivity contribution in [3.63, 3.8) is 0 Å². The van der Waals surface area contributed by atoms with Gasteiger partial charge in [-0.3, -0.25) is 9.59 Å². The predicted molar refractivity (Wildman–Crippen MR) is 71.6 cm³/mol. The Morgan fingerprint density at radius 1 is 1.53 bits per heavy atom. The number of nitrogens with one attached hydrogen (secondary N) is 1. The summed E-state index contributed by atoms with van der Waals surface area (Å²) in [5.74, 6) is -0.192. The lowest BCUT2D eigenvalue weighted by atomic mass is 9.99. The fourth-order valence-electron chi connectivity index (χ4n) is 2.21. The molecule has 0 saturated heterocycles. The number of hydrogen-bond donors (Lipinski definition) is 2. The Hall–Kier alpha value is -1.88. The molecular weight excluding hydrogens is 244 g/mol. The molecule has 0 saturated carbocycles. The van der Waals surface area contributed by atoms with Gasteiger partial charge in [-0.15, -0.1) is 0 Å². The molecule has 1 amide bonds. The van der Waals surface area contributed by atoms with Crippen molar-refractivity contribution in [1.82, 2.24) is 0 Å². The van der Waals surface area contributed by atoms with Gasteiger partial charge in [0.25, 0.3) is 0 Å². The van der Waals surface area contributed by atoms with Crippen LogP contribution in [0.25, 0.3) is 0 Å². The highest BCUT2D eigenvalue weighted by Gasteiger charge is 2.18. The molecule has 0 aromatic heterocycles. The minimum atomic E-state index is -0.212. The molecule has 1 heterocycles. The van der Waals surface area contributed by atoms with Gasteiger partial charge in [0.05, 0.1) is 13.5 Å². The molecule has 1 aliphatic rings. The maximum Gasteiger partial charge on any atom is 0.305 e. The quantitative estimate of drug-likeness (QED) is 0.788. The van der Waals surface area contributed by atoms with Crippen molar-refractivity contribution in [2.24, 2.45) is 5.73 Å². The first kappa shape index (κ1) is 13.5. The van der Waals surface area contributed by atoms with Crippen molar-refractivity contribution in [2.75, 3.05) is 12.4 Å². The Balaban J connectivity index is 1.93. The highest BCUT2D eigenvalue weighted by atomic mass is 16.5. The van der Waals surface area contributed by atoms with Gasteiger partial charge in [-0.25, -0.2) is 0 Å². The van der Waals surface area contributed by atoms with Gasteiger partial charge in [0.15, 0.2) is 0 Å². The molecule has 0 spiro atoms. The topological polar surface area (TPSA) is 81.4 Å². The van der Waals surface area contributed by atoms with Gasteiger partial charge in [0.1, 0.15) is 0 Å². The van der Waals surface area contributed by atoms with Crippen molar-refractivity contribution < 1.29 is 14.3 Å². The summed E-state index contributed by atoms with van der Waals surface area (Å²) in [6, 6.07) is 5.66. The number of methoxy groups -OCH3 is 1. The zero-order chi connectivity index (χ0) is 13.8. The number of amides is 1. The molecule has 1 aromatic rings. The van der Waals surface area contributed by atoms with Crippen LogP contribution >= 0.6 is 0 Å². The van der Waals surface area contributed by atoms with E-state index in [0.29, 0.717) is 19.3 Å². The summed E-state index contributed by atoms with van der Waals surface area (Å²) in [4.78, 5) is 22.3. The second-order valence-electron chi connectivity index (χ2n) is 4.72. The predicted octanol–water partition coefficient (Wildman–Crippen LogP) is 1.52. The average Bonchev–Trinajstić information content (AvgIpc) is 2.77. The monoisotopic (exact) mass is 262 g/mol. The first-order valence-corrected chi connectivity index (χ1v) is 6.35. The van der Waals surface area contributed by atoms with Crippen LogP contribution in [-0.2, 0) is 20.7 Å². The van der Waals surface area contributed by atoms with Gasteiger partial charge in [-0.05, 0) is 30.0 Å². The van der Waals surface area contributed by atoms with Crippen LogP contribution in [0.4, 0.5) is 5.69 Å². The maximum atomic E-state index is 11.3. The molecule has 1 unspecified atom stereocenters. The van der Waals surface area contributed by atoms with Gasteiger partial charge in [0.2, 0.25) is 5.91 Å². The third-order valence-electron chi connectivity index (χ3n) is 3.31. The van der Waals surface area contributed by atoms with E-state index in [1.165, 1.54) is 7.11 Å². The van der Waals surface area contributed by atoms with Crippen LogP contribution in [0.1, 0.15) is 36.4 Å². The normalized spacial score (nSPS) is 14.7. The number of ether oxygens (including phenoxy) is 1. The summed E-state index contributed by atoms with van der Waals surface area (Å²) < 4.78 is 4.58. The minimum absolute atomic E-state index is 0.0198. The second-order valence-corrected chi connectivity index (χ2v) is 4.72. The molecule has 5 nitrogen and oxygen atoms in total. The second kappa shape index (κ2) is 5.84. The SMILES string of the molecule is COC(=O)CCCC(N)c1ccc2c(c1)CC(=O)N2. The molecular formula is C14H18N2O3. The van der Waals surface area contributed by atoms with Gasteiger partial charge in [0, 0.05) is 18.2 Å². The molecule has 19 heavy (non-hydrogen) atoms. The Kier molecular flexibility index (Phi) is 4.16. The van der Waals surface area contributed by atoms with Crippen LogP contribution in [0.3, 0.4) is 0 Å². The molecule has 1 atom stereocenters. The number of esters is 1. The van der Waals surface area contributed by atoms with E-state index in [0.717, 1.165) is 23.2 Å². The lowest BCUT2D eigenvalue weighted by Crippen LogP contribution is -2.11. The van der Waals surface area contributed by atoms with E-state index in [2.05, 4.69) is 10.1 Å². The summed E-state index contributed by atoms with van der Waals surface area (Å²) in [6.07, 6.45) is 2.21. The summed E-state index contributed by atoms with van der Waals surface area (Å²) in [6.45, 7) is 0. The van der Waals surface area contributed by atoms with Crippen LogP contribution in [0.5, 0.6) is 0 Å². The third kappa shape index (κ3) is 3.32. The molecule has 1 aromatic carbocycles. The van der Waals surface area contributed by atoms with Crippen LogP contribution in [0, 0.1) is 0 Å². The van der Waals surface area contributed by atoms with E-state index >= 15 is 0 Å². The standard InChI is InChI=1S/C14H18N2O3/c1-19-14(18)4-2-3-11(15)9-5-6-12-10(7-9)8-13(17)16-12/h5-7,11H,2-4,8,15H2,1H3,(H,16,17). The first-order chi connectivity index (χ1) is 9.10. The molecule has 0 aliphatic carbocycles. The van der Waals surface area contributed by atoms with Crippen molar-refractivity contribution in [3.05, 3.63) is 29.3 Å². The maximum absolute atomic E-state index is 11.3. The number of rotatable bonds is 5. The fourth-order valence-corrected chi connectivity index (χ4v) is 2.21. The van der Waals surface area contributed by atoms with E-state index in [1.54, 1.807) is 0 Å². The van der Waals surface area contributed by atoms with Crippen molar-refractivity contribution in [1.29, 1.82) is 0 Å². The number of carbonyl (C=O) groups is 2. The number of carbonyl (C=O) groups excluding carboxylic acids is 2. The molecule has 0 fully saturated rings. The van der Waals surface area contributed by atoms with Crippen molar-refractivity contribution in [2.45, 2.75) is 31.7 Å². The zero-order valence-corrected chi connectivity index (χ0v) is 10.9. The summed E-state index contributed by atoms with van der Waals surface area (Å²) >= 11 is 0. The average molecular weight is 262 g/mol. The van der Waals surface area contributed by atoms with Crippen LogP contribution in [0.15, 0.2) is 18.2 Å². The Bertz CT molecular complexity index is 499. The van der Waals surface area contributed by atoms with E-state index in [4.69, 9.17) is 5.73 Å². The lowest BCUT2D eigenvalue weighted by molar-refractivity contribution is -0.140. The Labute approximate surface area is 112 Å². The van der Waals surface area contributed by atoms with E-state index in [9.17, 15) is 9.59 Å². The van der Waals surface area contributed by atoms with Crippen molar-refractivity contribution >= 4 is 17.6 Å². The molecule has 2 rings (SSSR count). The van der Waals surface area contributed by atoms with Gasteiger partial charge >= 0.3 is 5.97 Å². The smallest absolute Gasteiger partial charge is 0.305 e. The molecule has 1 aliphatic heterocycles. The van der Waals surface area contributed by atoms with Crippen LogP contribution < -0.4 is 11.1 Å².